The van der Waals surface area contributed by atoms with Gasteiger partial charge < -0.3 is 0 Å². The van der Waals surface area contributed by atoms with Crippen LogP contribution in [-0.2, 0) is 9.52 Å². The van der Waals surface area contributed by atoms with Gasteiger partial charge in [0.2, 0.25) is 0 Å². The molecule has 3 unspecified atom stereocenters. The van der Waals surface area contributed by atoms with Gasteiger partial charge in [0, 0.05) is 10.6 Å². The van der Waals surface area contributed by atoms with E-state index < -0.39 is 9.52 Å². The lowest BCUT2D eigenvalue weighted by Gasteiger charge is -2.46. The summed E-state index contributed by atoms with van der Waals surface area (Å²) in [6.07, 6.45) is 9.34. The molecule has 1 nitrogen and oxygen atoms in total. The molecule has 0 aliphatic heterocycles. The summed E-state index contributed by atoms with van der Waals surface area (Å²) >= 11 is 0. The van der Waals surface area contributed by atoms with Crippen LogP contribution >= 0.6 is 0 Å². The van der Waals surface area contributed by atoms with Gasteiger partial charge in [-0.3, -0.25) is 4.21 Å². The first kappa shape index (κ1) is 19.0. The summed E-state index contributed by atoms with van der Waals surface area (Å²) in [6, 6.07) is 9.83. The maximum absolute atomic E-state index is 12.9. The van der Waals surface area contributed by atoms with Crippen molar-refractivity contribution in [1.82, 2.24) is 0 Å². The highest BCUT2D eigenvalue weighted by Crippen LogP contribution is 2.59. The Hall–Kier alpha value is -0.760. The van der Waals surface area contributed by atoms with Crippen LogP contribution in [0.4, 0.5) is 0 Å². The maximum atomic E-state index is 12.9. The van der Waals surface area contributed by atoms with Crippen LogP contribution in [-0.4, -0.2) is 15.8 Å². The lowest BCUT2D eigenvalue weighted by atomic mass is 9.59. The lowest BCUT2D eigenvalue weighted by Crippen LogP contribution is -2.38. The Kier molecular flexibility index (Phi) is 5.68. The van der Waals surface area contributed by atoms with Gasteiger partial charge in [0.05, 0.1) is 0 Å². The molecule has 0 amide bonds. The van der Waals surface area contributed by atoms with E-state index in [0.717, 1.165) is 40.7 Å². The van der Waals surface area contributed by atoms with E-state index in [-0.39, 0.29) is 0 Å². The Morgan fingerprint density at radius 3 is 2.68 bits per heavy atom. The highest BCUT2D eigenvalue weighted by Gasteiger charge is 2.51. The quantitative estimate of drug-likeness (QED) is 0.566. The number of hydrogen-bond acceptors (Lipinski definition) is 1. The number of hydrogen-bond donors (Lipinski definition) is 0. The summed E-state index contributed by atoms with van der Waals surface area (Å²) in [5, 5.41) is 0. The molecule has 140 valence electrons. The maximum Gasteiger partial charge on any atom is 0.0305 e. The molecule has 0 radical (unpaired) electrons. The zero-order valence-electron chi connectivity index (χ0n) is 16.4. The van der Waals surface area contributed by atoms with Crippen LogP contribution in [0.2, 0.25) is 0 Å². The molecule has 1 aromatic carbocycles. The first-order valence-electron chi connectivity index (χ1n) is 10.2. The van der Waals surface area contributed by atoms with Gasteiger partial charge in [-0.1, -0.05) is 51.8 Å². The second-order valence-corrected chi connectivity index (χ2v) is 11.6. The summed E-state index contributed by atoms with van der Waals surface area (Å²) in [7, 11) is -2.13. The highest BCUT2D eigenvalue weighted by molar-refractivity contribution is 8.00. The molecule has 3 rings (SSSR count). The van der Waals surface area contributed by atoms with Crippen molar-refractivity contribution in [1.29, 1.82) is 0 Å². The van der Waals surface area contributed by atoms with Gasteiger partial charge in [0.1, 0.15) is 0 Å². The molecule has 1 aromatic rings. The third-order valence-corrected chi connectivity index (χ3v) is 9.62. The fourth-order valence-corrected chi connectivity index (χ4v) is 7.69. The number of rotatable bonds is 6. The van der Waals surface area contributed by atoms with Crippen molar-refractivity contribution in [2.45, 2.75) is 70.6 Å². The Bertz CT molecular complexity index is 663. The molecule has 25 heavy (non-hydrogen) atoms. The van der Waals surface area contributed by atoms with Gasteiger partial charge in [-0.15, -0.1) is 0 Å². The van der Waals surface area contributed by atoms with E-state index in [1.807, 2.05) is 30.3 Å². The van der Waals surface area contributed by atoms with Crippen LogP contribution in [0.3, 0.4) is 0 Å². The Balaban J connectivity index is 1.57. The molecule has 2 saturated carbocycles. The molecule has 2 heteroatoms. The average molecular weight is 361 g/mol. The SMILES string of the molecule is C=S(=O)(CCC[C@@H](C)C1CC[C@H]2C(C)CCC[C@]12C)c1ccccc1. The van der Waals surface area contributed by atoms with E-state index in [1.165, 1.54) is 38.5 Å². The fraction of sp³-hybridized carbons (Fsp3) is 0.696. The van der Waals surface area contributed by atoms with Gasteiger partial charge in [-0.25, -0.2) is 0 Å². The van der Waals surface area contributed by atoms with Gasteiger partial charge >= 0.3 is 0 Å². The van der Waals surface area contributed by atoms with Crippen molar-refractivity contribution in [2.24, 2.45) is 29.1 Å². The molecular weight excluding hydrogens is 324 g/mol. The smallest absolute Gasteiger partial charge is 0.0305 e. The van der Waals surface area contributed by atoms with Gasteiger partial charge in [-0.05, 0) is 88.7 Å². The average Bonchev–Trinajstić information content (AvgIpc) is 2.94. The highest BCUT2D eigenvalue weighted by atomic mass is 32.2. The van der Waals surface area contributed by atoms with Crippen molar-refractivity contribution in [3.63, 3.8) is 0 Å². The van der Waals surface area contributed by atoms with E-state index in [2.05, 4.69) is 26.6 Å². The van der Waals surface area contributed by atoms with E-state index in [0.29, 0.717) is 5.41 Å². The minimum absolute atomic E-state index is 0.558. The number of benzene rings is 1. The molecule has 0 N–H and O–H groups in total. The Morgan fingerprint density at radius 1 is 1.24 bits per heavy atom. The van der Waals surface area contributed by atoms with E-state index in [1.54, 1.807) is 0 Å². The Labute approximate surface area is 155 Å². The predicted molar refractivity (Wildman–Crippen MR) is 111 cm³/mol. The number of fused-ring (bicyclic) bond motifs is 1. The summed E-state index contributed by atoms with van der Waals surface area (Å²) in [6.45, 7) is 7.51. The van der Waals surface area contributed by atoms with Crippen LogP contribution in [0.1, 0.15) is 65.7 Å². The Morgan fingerprint density at radius 2 is 1.96 bits per heavy atom. The fourth-order valence-electron chi connectivity index (χ4n) is 6.17. The third-order valence-electron chi connectivity index (χ3n) is 7.54. The first-order valence-corrected chi connectivity index (χ1v) is 12.1. The molecule has 0 saturated heterocycles. The van der Waals surface area contributed by atoms with Crippen LogP contribution in [0.15, 0.2) is 35.2 Å². The largest absolute Gasteiger partial charge is 0.263 e. The van der Waals surface area contributed by atoms with Crippen LogP contribution < -0.4 is 0 Å². The van der Waals surface area contributed by atoms with Crippen LogP contribution in [0.25, 0.3) is 0 Å². The van der Waals surface area contributed by atoms with Gasteiger partial charge in [0.25, 0.3) is 0 Å². The molecule has 0 heterocycles. The summed E-state index contributed by atoms with van der Waals surface area (Å²) < 4.78 is 12.9. The van der Waals surface area contributed by atoms with Gasteiger partial charge in [-0.2, -0.15) is 0 Å². The van der Waals surface area contributed by atoms with Crippen molar-refractivity contribution in [2.75, 3.05) is 5.75 Å². The minimum atomic E-state index is -2.13. The summed E-state index contributed by atoms with van der Waals surface area (Å²) in [5.41, 5.74) is 0.558. The van der Waals surface area contributed by atoms with Crippen molar-refractivity contribution < 1.29 is 4.21 Å². The van der Waals surface area contributed by atoms with E-state index in [4.69, 9.17) is 0 Å². The van der Waals surface area contributed by atoms with Crippen molar-refractivity contribution in [3.8, 4) is 0 Å². The molecule has 0 spiro atoms. The van der Waals surface area contributed by atoms with E-state index in [9.17, 15) is 4.21 Å². The standard InChI is InChI=1S/C23H36OS/c1-18-10-8-16-23(3)21(18)14-15-22(23)19(2)11-9-17-25(4,24)20-12-6-5-7-13-20/h5-7,12-13,18-19,21-22H,4,8-11,14-17H2,1-3H3/t18?,19-,21+,22?,23+,25?/m1/s1. The molecule has 2 fully saturated rings. The summed E-state index contributed by atoms with van der Waals surface area (Å²) in [4.78, 5) is 0.914. The normalized spacial score (nSPS) is 35.7. The molecule has 2 aliphatic rings. The molecule has 6 atom stereocenters. The lowest BCUT2D eigenvalue weighted by molar-refractivity contribution is 0.0351. The minimum Gasteiger partial charge on any atom is -0.263 e. The van der Waals surface area contributed by atoms with Crippen LogP contribution in [0, 0.1) is 29.1 Å². The second-order valence-electron chi connectivity index (χ2n) is 9.11. The predicted octanol–water partition coefficient (Wildman–Crippen LogP) is 6.03. The molecule has 0 aromatic heterocycles. The zero-order valence-corrected chi connectivity index (χ0v) is 17.2. The second kappa shape index (κ2) is 7.47. The van der Waals surface area contributed by atoms with Crippen LogP contribution in [0.5, 0.6) is 0 Å². The third kappa shape index (κ3) is 3.84. The van der Waals surface area contributed by atoms with Crippen molar-refractivity contribution in [3.05, 3.63) is 30.3 Å². The van der Waals surface area contributed by atoms with E-state index >= 15 is 0 Å². The topological polar surface area (TPSA) is 17.1 Å². The van der Waals surface area contributed by atoms with Gasteiger partial charge in [0.15, 0.2) is 0 Å². The molecule has 0 bridgehead atoms. The van der Waals surface area contributed by atoms with Crippen molar-refractivity contribution >= 4 is 15.4 Å². The monoisotopic (exact) mass is 360 g/mol. The molecular formula is C23H36OS. The summed E-state index contributed by atoms with van der Waals surface area (Å²) in [5.74, 6) is 8.23. The molecule has 2 aliphatic carbocycles. The first-order chi connectivity index (χ1) is 11.8. The zero-order chi connectivity index (χ0) is 18.1.